The molecule has 0 unspecified atom stereocenters. The van der Waals surface area contributed by atoms with Gasteiger partial charge in [0.1, 0.15) is 6.33 Å². The molecule has 0 atom stereocenters. The zero-order valence-corrected chi connectivity index (χ0v) is 9.67. The molecule has 0 spiro atoms. The van der Waals surface area contributed by atoms with Gasteiger partial charge in [0.15, 0.2) is 5.82 Å². The Morgan fingerprint density at radius 2 is 1.94 bits per heavy atom. The maximum Gasteiger partial charge on any atom is 0.161 e. The molecule has 0 aliphatic carbocycles. The Kier molecular flexibility index (Phi) is 2.49. The summed E-state index contributed by atoms with van der Waals surface area (Å²) in [5.41, 5.74) is 2.72. The van der Waals surface area contributed by atoms with Crippen molar-refractivity contribution in [2.24, 2.45) is 0 Å². The fourth-order valence-electron chi connectivity index (χ4n) is 1.69. The van der Waals surface area contributed by atoms with Crippen LogP contribution in [0.25, 0.3) is 16.9 Å². The molecule has 0 N–H and O–H groups in total. The van der Waals surface area contributed by atoms with Crippen LogP contribution in [0, 0.1) is 0 Å². The van der Waals surface area contributed by atoms with E-state index in [9.17, 15) is 0 Å². The van der Waals surface area contributed by atoms with E-state index in [0.717, 1.165) is 22.5 Å². The van der Waals surface area contributed by atoms with Crippen LogP contribution in [0.15, 0.2) is 42.7 Å². The first-order chi connectivity index (χ1) is 8.38. The highest BCUT2D eigenvalue weighted by molar-refractivity contribution is 6.16. The van der Waals surface area contributed by atoms with E-state index in [2.05, 4.69) is 15.2 Å². The fraction of sp³-hybridized carbons (Fsp3) is 0.0833. The van der Waals surface area contributed by atoms with Gasteiger partial charge in [-0.2, -0.15) is 5.10 Å². The lowest BCUT2D eigenvalue weighted by Crippen LogP contribution is -1.99. The van der Waals surface area contributed by atoms with Crippen molar-refractivity contribution in [2.75, 3.05) is 0 Å². The van der Waals surface area contributed by atoms with Gasteiger partial charge in [0, 0.05) is 0 Å². The van der Waals surface area contributed by atoms with Gasteiger partial charge in [-0.05, 0) is 24.3 Å². The summed E-state index contributed by atoms with van der Waals surface area (Å²) in [4.78, 5) is 4.31. The fourth-order valence-corrected chi connectivity index (χ4v) is 1.84. The van der Waals surface area contributed by atoms with Crippen molar-refractivity contribution in [2.45, 2.75) is 5.88 Å². The summed E-state index contributed by atoms with van der Waals surface area (Å²) in [7, 11) is 0. The van der Waals surface area contributed by atoms with E-state index in [0.29, 0.717) is 5.88 Å². The maximum atomic E-state index is 5.68. The Balaban J connectivity index is 2.13. The van der Waals surface area contributed by atoms with E-state index in [1.165, 1.54) is 0 Å². The van der Waals surface area contributed by atoms with Crippen LogP contribution in [-0.2, 0) is 5.88 Å². The first-order valence-corrected chi connectivity index (χ1v) is 5.73. The highest BCUT2D eigenvalue weighted by atomic mass is 35.5. The van der Waals surface area contributed by atoms with Gasteiger partial charge in [0.2, 0.25) is 0 Å². The van der Waals surface area contributed by atoms with E-state index in [1.54, 1.807) is 6.33 Å². The third-order valence-corrected chi connectivity index (χ3v) is 2.82. The van der Waals surface area contributed by atoms with Crippen LogP contribution in [0.1, 0.15) is 5.69 Å². The summed E-state index contributed by atoms with van der Waals surface area (Å²) < 4.78 is 1.90. The van der Waals surface area contributed by atoms with Crippen LogP contribution < -0.4 is 0 Å². The van der Waals surface area contributed by atoms with Gasteiger partial charge in [-0.25, -0.2) is 4.98 Å². The topological polar surface area (TPSA) is 43.6 Å². The molecule has 0 bridgehead atoms. The summed E-state index contributed by atoms with van der Waals surface area (Å²) >= 11 is 5.68. The van der Waals surface area contributed by atoms with Gasteiger partial charge in [-0.15, -0.1) is 16.7 Å². The molecule has 0 radical (unpaired) electrons. The molecule has 4 nitrogen and oxygen atoms in total. The molecule has 2 heterocycles. The molecule has 5 heteroatoms. The highest BCUT2D eigenvalue weighted by Gasteiger charge is 2.05. The van der Waals surface area contributed by atoms with E-state index >= 15 is 0 Å². The van der Waals surface area contributed by atoms with Gasteiger partial charge >= 0.3 is 0 Å². The molecule has 17 heavy (non-hydrogen) atoms. The van der Waals surface area contributed by atoms with Crippen LogP contribution in [0.4, 0.5) is 0 Å². The van der Waals surface area contributed by atoms with Crippen molar-refractivity contribution in [3.63, 3.8) is 0 Å². The minimum Gasteiger partial charge on any atom is -0.281 e. The Morgan fingerprint density at radius 1 is 1.06 bits per heavy atom. The van der Waals surface area contributed by atoms with E-state index in [1.807, 2.05) is 41.0 Å². The minimum atomic E-state index is 0.373. The molecule has 0 saturated carbocycles. The Bertz CT molecular complexity index is 645. The number of nitrogens with zero attached hydrogens (tertiary/aromatic N) is 4. The van der Waals surface area contributed by atoms with Crippen LogP contribution in [-0.4, -0.2) is 19.7 Å². The van der Waals surface area contributed by atoms with Crippen molar-refractivity contribution >= 4 is 22.6 Å². The lowest BCUT2D eigenvalue weighted by molar-refractivity contribution is 0.898. The van der Waals surface area contributed by atoms with Gasteiger partial charge in [-0.1, -0.05) is 12.1 Å². The molecule has 3 aromatic rings. The first-order valence-electron chi connectivity index (χ1n) is 5.19. The maximum absolute atomic E-state index is 5.68. The molecule has 2 aromatic heterocycles. The first kappa shape index (κ1) is 10.2. The Morgan fingerprint density at radius 3 is 2.71 bits per heavy atom. The predicted molar refractivity (Wildman–Crippen MR) is 66.2 cm³/mol. The van der Waals surface area contributed by atoms with Crippen LogP contribution in [0.5, 0.6) is 0 Å². The number of fused-ring (bicyclic) bond motifs is 1. The summed E-state index contributed by atoms with van der Waals surface area (Å²) in [5, 5.41) is 8.16. The second kappa shape index (κ2) is 4.14. The number of halogens is 1. The summed E-state index contributed by atoms with van der Waals surface area (Å²) in [6, 6.07) is 11.7. The van der Waals surface area contributed by atoms with Crippen molar-refractivity contribution < 1.29 is 0 Å². The van der Waals surface area contributed by atoms with Gasteiger partial charge in [0.05, 0.1) is 22.6 Å². The molecule has 0 amide bonds. The van der Waals surface area contributed by atoms with E-state index in [-0.39, 0.29) is 0 Å². The van der Waals surface area contributed by atoms with E-state index in [4.69, 9.17) is 11.6 Å². The molecular weight excluding hydrogens is 236 g/mol. The van der Waals surface area contributed by atoms with Crippen LogP contribution >= 0.6 is 11.6 Å². The average Bonchev–Trinajstić information content (AvgIpc) is 2.83. The van der Waals surface area contributed by atoms with E-state index < -0.39 is 0 Å². The molecule has 0 saturated heterocycles. The molecule has 0 aliphatic heterocycles. The standard InChI is InChI=1S/C12H9ClN4/c13-7-9-5-6-12(16-15-9)17-8-14-10-3-1-2-4-11(10)17/h1-6,8H,7H2. The second-order valence-corrected chi connectivity index (χ2v) is 3.89. The number of rotatable bonds is 2. The molecule has 84 valence electrons. The normalized spacial score (nSPS) is 10.9. The number of aromatic nitrogens is 4. The highest BCUT2D eigenvalue weighted by Crippen LogP contribution is 2.15. The number of imidazole rings is 1. The zero-order chi connectivity index (χ0) is 11.7. The predicted octanol–water partition coefficient (Wildman–Crippen LogP) is 2.55. The largest absolute Gasteiger partial charge is 0.281 e. The SMILES string of the molecule is ClCc1ccc(-n2cnc3ccccc32)nn1. The lowest BCUT2D eigenvalue weighted by Gasteiger charge is -2.02. The third kappa shape index (κ3) is 1.76. The number of alkyl halides is 1. The lowest BCUT2D eigenvalue weighted by atomic mass is 10.3. The number of hydrogen-bond acceptors (Lipinski definition) is 3. The summed E-state index contributed by atoms with van der Waals surface area (Å²) in [6.45, 7) is 0. The molecule has 0 fully saturated rings. The molecule has 0 aliphatic rings. The van der Waals surface area contributed by atoms with Gasteiger partial charge < -0.3 is 0 Å². The molecule has 3 rings (SSSR count). The van der Waals surface area contributed by atoms with Crippen LogP contribution in [0.2, 0.25) is 0 Å². The van der Waals surface area contributed by atoms with Crippen molar-refractivity contribution in [3.8, 4) is 5.82 Å². The van der Waals surface area contributed by atoms with Gasteiger partial charge in [-0.3, -0.25) is 4.57 Å². The number of benzene rings is 1. The number of hydrogen-bond donors (Lipinski definition) is 0. The number of para-hydroxylation sites is 2. The zero-order valence-electron chi connectivity index (χ0n) is 8.92. The Hall–Kier alpha value is -1.94. The van der Waals surface area contributed by atoms with Crippen molar-refractivity contribution in [1.29, 1.82) is 0 Å². The third-order valence-electron chi connectivity index (χ3n) is 2.54. The quantitative estimate of drug-likeness (QED) is 0.651. The van der Waals surface area contributed by atoms with Crippen molar-refractivity contribution in [1.82, 2.24) is 19.7 Å². The molecular formula is C12H9ClN4. The van der Waals surface area contributed by atoms with Crippen molar-refractivity contribution in [3.05, 3.63) is 48.4 Å². The second-order valence-electron chi connectivity index (χ2n) is 3.62. The minimum absolute atomic E-state index is 0.373. The van der Waals surface area contributed by atoms with Crippen LogP contribution in [0.3, 0.4) is 0 Å². The Labute approximate surface area is 103 Å². The average molecular weight is 245 g/mol. The summed E-state index contributed by atoms with van der Waals surface area (Å²) in [5.74, 6) is 1.12. The molecule has 1 aromatic carbocycles. The monoisotopic (exact) mass is 244 g/mol. The summed E-state index contributed by atoms with van der Waals surface area (Å²) in [6.07, 6.45) is 1.75. The van der Waals surface area contributed by atoms with Gasteiger partial charge in [0.25, 0.3) is 0 Å². The smallest absolute Gasteiger partial charge is 0.161 e.